The summed E-state index contributed by atoms with van der Waals surface area (Å²) in [5.41, 5.74) is 0.226. The molecule has 2 rings (SSSR count). The van der Waals surface area contributed by atoms with E-state index in [1.54, 1.807) is 0 Å². The number of aromatic nitrogens is 1. The topological polar surface area (TPSA) is 45.9 Å². The third kappa shape index (κ3) is 2.37. The lowest BCUT2D eigenvalue weighted by Gasteiger charge is -2.07. The first kappa shape index (κ1) is 11.0. The van der Waals surface area contributed by atoms with Crippen molar-refractivity contribution in [2.24, 2.45) is 0 Å². The van der Waals surface area contributed by atoms with Crippen LogP contribution in [0.2, 0.25) is 0 Å². The molecular weight excluding hydrogens is 226 g/mol. The number of rotatable bonds is 2. The molecule has 0 N–H and O–H groups in total. The summed E-state index contributed by atoms with van der Waals surface area (Å²) in [6, 6.07) is 6.25. The van der Waals surface area contributed by atoms with Crippen molar-refractivity contribution >= 4 is 0 Å². The number of pyridine rings is 1. The Labute approximate surface area is 95.9 Å². The molecule has 84 valence electrons. The third-order valence-corrected chi connectivity index (χ3v) is 2.02. The van der Waals surface area contributed by atoms with Crippen molar-refractivity contribution in [1.82, 2.24) is 4.98 Å². The van der Waals surface area contributed by atoms with Crippen LogP contribution in [0.4, 0.5) is 8.78 Å². The fourth-order valence-corrected chi connectivity index (χ4v) is 1.23. The summed E-state index contributed by atoms with van der Waals surface area (Å²) < 4.78 is 31.1. The predicted molar refractivity (Wildman–Crippen MR) is 55.4 cm³/mol. The number of ether oxygens (including phenoxy) is 1. The van der Waals surface area contributed by atoms with Crippen molar-refractivity contribution in [2.75, 3.05) is 0 Å². The van der Waals surface area contributed by atoms with Gasteiger partial charge in [-0.2, -0.15) is 5.26 Å². The van der Waals surface area contributed by atoms with Gasteiger partial charge in [0.1, 0.15) is 11.9 Å². The van der Waals surface area contributed by atoms with Crippen LogP contribution < -0.4 is 4.74 Å². The SMILES string of the molecule is N#Cc1ccncc1Oc1ccc(F)cc1F. The van der Waals surface area contributed by atoms with Crippen LogP contribution >= 0.6 is 0 Å². The van der Waals surface area contributed by atoms with Crippen LogP contribution in [0.1, 0.15) is 5.56 Å². The molecule has 0 saturated heterocycles. The van der Waals surface area contributed by atoms with E-state index in [1.165, 1.54) is 18.5 Å². The summed E-state index contributed by atoms with van der Waals surface area (Å²) >= 11 is 0. The highest BCUT2D eigenvalue weighted by Gasteiger charge is 2.09. The quantitative estimate of drug-likeness (QED) is 0.799. The Morgan fingerprint density at radius 1 is 1.18 bits per heavy atom. The van der Waals surface area contributed by atoms with E-state index < -0.39 is 11.6 Å². The third-order valence-electron chi connectivity index (χ3n) is 2.02. The standard InChI is InChI=1S/C12H6F2N2O/c13-9-1-2-11(10(14)5-9)17-12-7-16-4-3-8(12)6-15/h1-5,7H. The summed E-state index contributed by atoms with van der Waals surface area (Å²) in [6.07, 6.45) is 2.72. The van der Waals surface area contributed by atoms with Crippen LogP contribution in [-0.2, 0) is 0 Å². The van der Waals surface area contributed by atoms with E-state index in [0.717, 1.165) is 12.1 Å². The van der Waals surface area contributed by atoms with Crippen molar-refractivity contribution in [3.05, 3.63) is 53.9 Å². The van der Waals surface area contributed by atoms with Crippen LogP contribution in [0.5, 0.6) is 11.5 Å². The van der Waals surface area contributed by atoms with Crippen molar-refractivity contribution < 1.29 is 13.5 Å². The molecule has 0 fully saturated rings. The molecule has 0 saturated carbocycles. The summed E-state index contributed by atoms with van der Waals surface area (Å²) in [5, 5.41) is 8.80. The molecule has 0 amide bonds. The second-order valence-corrected chi connectivity index (χ2v) is 3.16. The van der Waals surface area contributed by atoms with E-state index in [2.05, 4.69) is 4.98 Å². The van der Waals surface area contributed by atoms with Crippen molar-refractivity contribution in [3.8, 4) is 17.6 Å². The molecule has 0 bridgehead atoms. The normalized spacial score (nSPS) is 9.71. The average Bonchev–Trinajstić information content (AvgIpc) is 2.33. The van der Waals surface area contributed by atoms with Gasteiger partial charge in [-0.15, -0.1) is 0 Å². The van der Waals surface area contributed by atoms with Gasteiger partial charge in [-0.25, -0.2) is 8.78 Å². The zero-order valence-corrected chi connectivity index (χ0v) is 8.52. The highest BCUT2D eigenvalue weighted by Crippen LogP contribution is 2.26. The smallest absolute Gasteiger partial charge is 0.168 e. The number of halogens is 2. The van der Waals surface area contributed by atoms with Gasteiger partial charge < -0.3 is 4.74 Å². The van der Waals surface area contributed by atoms with Gasteiger partial charge in [0.15, 0.2) is 17.3 Å². The minimum Gasteiger partial charge on any atom is -0.451 e. The van der Waals surface area contributed by atoms with E-state index in [0.29, 0.717) is 6.07 Å². The molecule has 1 heterocycles. The van der Waals surface area contributed by atoms with E-state index in [-0.39, 0.29) is 17.1 Å². The largest absolute Gasteiger partial charge is 0.451 e. The van der Waals surface area contributed by atoms with Gasteiger partial charge in [-0.05, 0) is 18.2 Å². The van der Waals surface area contributed by atoms with Crippen LogP contribution in [0, 0.1) is 23.0 Å². The Hall–Kier alpha value is -2.48. The Morgan fingerprint density at radius 3 is 2.71 bits per heavy atom. The molecule has 1 aromatic carbocycles. The Kier molecular flexibility index (Phi) is 2.97. The molecule has 0 radical (unpaired) electrons. The molecule has 17 heavy (non-hydrogen) atoms. The highest BCUT2D eigenvalue weighted by molar-refractivity contribution is 5.43. The van der Waals surface area contributed by atoms with Gasteiger partial charge in [-0.3, -0.25) is 4.98 Å². The van der Waals surface area contributed by atoms with E-state index >= 15 is 0 Å². The lowest BCUT2D eigenvalue weighted by molar-refractivity contribution is 0.435. The molecule has 0 aliphatic heterocycles. The van der Waals surface area contributed by atoms with Crippen LogP contribution in [0.15, 0.2) is 36.7 Å². The Bertz CT molecular complexity index is 593. The minimum absolute atomic E-state index is 0.125. The summed E-state index contributed by atoms with van der Waals surface area (Å²) in [7, 11) is 0. The van der Waals surface area contributed by atoms with Crippen LogP contribution in [0.3, 0.4) is 0 Å². The first-order valence-corrected chi connectivity index (χ1v) is 4.67. The molecule has 0 spiro atoms. The number of hydrogen-bond donors (Lipinski definition) is 0. The molecule has 0 aliphatic carbocycles. The molecule has 0 aliphatic rings. The van der Waals surface area contributed by atoms with E-state index in [1.807, 2.05) is 6.07 Å². The first-order chi connectivity index (χ1) is 8.20. The number of nitriles is 1. The van der Waals surface area contributed by atoms with Crippen molar-refractivity contribution in [3.63, 3.8) is 0 Å². The number of nitrogens with zero attached hydrogens (tertiary/aromatic N) is 2. The Balaban J connectivity index is 2.35. The van der Waals surface area contributed by atoms with Crippen molar-refractivity contribution in [1.29, 1.82) is 5.26 Å². The summed E-state index contributed by atoms with van der Waals surface area (Å²) in [6.45, 7) is 0. The minimum atomic E-state index is -0.835. The van der Waals surface area contributed by atoms with Gasteiger partial charge in [-0.1, -0.05) is 0 Å². The summed E-state index contributed by atoms with van der Waals surface area (Å²) in [4.78, 5) is 3.76. The second kappa shape index (κ2) is 4.58. The fourth-order valence-electron chi connectivity index (χ4n) is 1.23. The second-order valence-electron chi connectivity index (χ2n) is 3.16. The highest BCUT2D eigenvalue weighted by atomic mass is 19.1. The lowest BCUT2D eigenvalue weighted by Crippen LogP contribution is -1.92. The molecule has 1 aromatic heterocycles. The molecule has 3 nitrogen and oxygen atoms in total. The van der Waals surface area contributed by atoms with Gasteiger partial charge in [0.05, 0.1) is 11.8 Å². The van der Waals surface area contributed by atoms with Crippen LogP contribution in [0.25, 0.3) is 0 Å². The fraction of sp³-hybridized carbons (Fsp3) is 0. The first-order valence-electron chi connectivity index (χ1n) is 4.67. The van der Waals surface area contributed by atoms with Gasteiger partial charge >= 0.3 is 0 Å². The zero-order chi connectivity index (χ0) is 12.3. The van der Waals surface area contributed by atoms with E-state index in [4.69, 9.17) is 10.00 Å². The maximum atomic E-state index is 13.3. The molecule has 2 aromatic rings. The maximum Gasteiger partial charge on any atom is 0.168 e. The molecule has 0 atom stereocenters. The number of benzene rings is 1. The molecule has 0 unspecified atom stereocenters. The van der Waals surface area contributed by atoms with Crippen molar-refractivity contribution in [2.45, 2.75) is 0 Å². The van der Waals surface area contributed by atoms with Crippen LogP contribution in [-0.4, -0.2) is 4.98 Å². The summed E-state index contributed by atoms with van der Waals surface area (Å²) in [5.74, 6) is -1.56. The average molecular weight is 232 g/mol. The molecular formula is C12H6F2N2O. The maximum absolute atomic E-state index is 13.3. The van der Waals surface area contributed by atoms with Gasteiger partial charge in [0.25, 0.3) is 0 Å². The predicted octanol–water partition coefficient (Wildman–Crippen LogP) is 3.02. The lowest BCUT2D eigenvalue weighted by atomic mass is 10.2. The Morgan fingerprint density at radius 2 is 2.00 bits per heavy atom. The molecule has 5 heteroatoms. The zero-order valence-electron chi connectivity index (χ0n) is 8.52. The number of hydrogen-bond acceptors (Lipinski definition) is 3. The van der Waals surface area contributed by atoms with E-state index in [9.17, 15) is 8.78 Å². The monoisotopic (exact) mass is 232 g/mol. The van der Waals surface area contributed by atoms with Gasteiger partial charge in [0.2, 0.25) is 0 Å². The van der Waals surface area contributed by atoms with Gasteiger partial charge in [0, 0.05) is 12.3 Å².